The Morgan fingerprint density at radius 1 is 1.30 bits per heavy atom. The van der Waals surface area contributed by atoms with Crippen LogP contribution in [0.4, 0.5) is 0 Å². The lowest BCUT2D eigenvalue weighted by Crippen LogP contribution is -2.24. The molecule has 0 saturated heterocycles. The molecule has 0 aliphatic carbocycles. The fourth-order valence-corrected chi connectivity index (χ4v) is 2.19. The molecule has 0 aliphatic heterocycles. The summed E-state index contributed by atoms with van der Waals surface area (Å²) in [5.74, 6) is 0.596. The van der Waals surface area contributed by atoms with Crippen molar-refractivity contribution in [1.82, 2.24) is 9.78 Å². The number of aliphatic hydroxyl groups excluding tert-OH is 1. The van der Waals surface area contributed by atoms with E-state index in [2.05, 4.69) is 5.10 Å². The summed E-state index contributed by atoms with van der Waals surface area (Å²) in [7, 11) is 0. The molecule has 0 fully saturated rings. The SMILES string of the molecule is Cc1ccc(Cl)c(OC[C@@H](O)Cn2nc(C)cc2C)c1. The molecule has 4 nitrogen and oxygen atoms in total. The van der Waals surface area contributed by atoms with Gasteiger partial charge in [-0.25, -0.2) is 0 Å². The van der Waals surface area contributed by atoms with Gasteiger partial charge in [0.2, 0.25) is 0 Å². The Labute approximate surface area is 123 Å². The summed E-state index contributed by atoms with van der Waals surface area (Å²) in [5.41, 5.74) is 3.03. The van der Waals surface area contributed by atoms with Crippen LogP contribution in [0, 0.1) is 20.8 Å². The van der Waals surface area contributed by atoms with Crippen molar-refractivity contribution >= 4 is 11.6 Å². The van der Waals surface area contributed by atoms with Crippen molar-refractivity contribution in [1.29, 1.82) is 0 Å². The summed E-state index contributed by atoms with van der Waals surface area (Å²) in [4.78, 5) is 0. The molecule has 2 rings (SSSR count). The minimum Gasteiger partial charge on any atom is -0.489 e. The molecule has 1 atom stereocenters. The van der Waals surface area contributed by atoms with E-state index in [1.54, 1.807) is 10.7 Å². The van der Waals surface area contributed by atoms with Gasteiger partial charge in [0, 0.05) is 5.69 Å². The highest BCUT2D eigenvalue weighted by atomic mass is 35.5. The van der Waals surface area contributed by atoms with Crippen LogP contribution >= 0.6 is 11.6 Å². The minimum atomic E-state index is -0.635. The Morgan fingerprint density at radius 2 is 2.05 bits per heavy atom. The summed E-state index contributed by atoms with van der Waals surface area (Å²) in [6.45, 7) is 6.45. The first kappa shape index (κ1) is 14.9. The Bertz CT molecular complexity index is 596. The number of aliphatic hydroxyl groups is 1. The molecule has 1 aromatic heterocycles. The molecule has 5 heteroatoms. The van der Waals surface area contributed by atoms with Crippen LogP contribution in [0.15, 0.2) is 24.3 Å². The van der Waals surface area contributed by atoms with Gasteiger partial charge in [0.1, 0.15) is 18.5 Å². The van der Waals surface area contributed by atoms with Crippen LogP contribution in [0.25, 0.3) is 0 Å². The monoisotopic (exact) mass is 294 g/mol. The molecule has 1 heterocycles. The van der Waals surface area contributed by atoms with Gasteiger partial charge in [-0.15, -0.1) is 0 Å². The molecule has 0 bridgehead atoms. The summed E-state index contributed by atoms with van der Waals surface area (Å²) >= 11 is 6.04. The van der Waals surface area contributed by atoms with Crippen molar-refractivity contribution in [3.05, 3.63) is 46.2 Å². The standard InChI is InChI=1S/C15H19ClN2O2/c1-10-4-5-14(16)15(6-10)20-9-13(19)8-18-12(3)7-11(2)17-18/h4-7,13,19H,8-9H2,1-3H3/t13-/m0/s1. The Kier molecular flexibility index (Phi) is 4.68. The second-order valence-corrected chi connectivity index (χ2v) is 5.42. The predicted octanol–water partition coefficient (Wildman–Crippen LogP) is 2.90. The van der Waals surface area contributed by atoms with Crippen LogP contribution in [0.3, 0.4) is 0 Å². The molecule has 0 unspecified atom stereocenters. The van der Waals surface area contributed by atoms with E-state index in [4.69, 9.17) is 16.3 Å². The molecule has 0 aliphatic rings. The number of halogens is 1. The number of rotatable bonds is 5. The lowest BCUT2D eigenvalue weighted by atomic mass is 10.2. The second kappa shape index (κ2) is 6.29. The van der Waals surface area contributed by atoms with Crippen molar-refractivity contribution in [2.45, 2.75) is 33.4 Å². The van der Waals surface area contributed by atoms with Crippen molar-refractivity contribution in [3.8, 4) is 5.75 Å². The van der Waals surface area contributed by atoms with E-state index in [0.29, 0.717) is 17.3 Å². The third kappa shape index (κ3) is 3.74. The van der Waals surface area contributed by atoms with Crippen molar-refractivity contribution in [2.75, 3.05) is 6.61 Å². The fraction of sp³-hybridized carbons (Fsp3) is 0.400. The van der Waals surface area contributed by atoms with E-state index in [9.17, 15) is 5.11 Å². The van der Waals surface area contributed by atoms with Crippen LogP contribution in [-0.2, 0) is 6.54 Å². The predicted molar refractivity (Wildman–Crippen MR) is 79.4 cm³/mol. The van der Waals surface area contributed by atoms with Gasteiger partial charge in [0.05, 0.1) is 17.3 Å². The zero-order valence-corrected chi connectivity index (χ0v) is 12.7. The van der Waals surface area contributed by atoms with Gasteiger partial charge < -0.3 is 9.84 Å². The second-order valence-electron chi connectivity index (χ2n) is 5.01. The molecule has 0 radical (unpaired) electrons. The number of aromatic nitrogens is 2. The molecule has 1 N–H and O–H groups in total. The maximum Gasteiger partial charge on any atom is 0.138 e. The van der Waals surface area contributed by atoms with Crippen LogP contribution in [0.5, 0.6) is 5.75 Å². The van der Waals surface area contributed by atoms with Crippen molar-refractivity contribution in [3.63, 3.8) is 0 Å². The van der Waals surface area contributed by atoms with Crippen LogP contribution in [0.1, 0.15) is 17.0 Å². The van der Waals surface area contributed by atoms with Gasteiger partial charge in [0.25, 0.3) is 0 Å². The minimum absolute atomic E-state index is 0.182. The van der Waals surface area contributed by atoms with Gasteiger partial charge in [-0.3, -0.25) is 4.68 Å². The van der Waals surface area contributed by atoms with Crippen LogP contribution in [-0.4, -0.2) is 27.6 Å². The normalized spacial score (nSPS) is 12.4. The van der Waals surface area contributed by atoms with Gasteiger partial charge in [-0.1, -0.05) is 17.7 Å². The molecule has 0 amide bonds. The van der Waals surface area contributed by atoms with Crippen LogP contribution < -0.4 is 4.74 Å². The largest absolute Gasteiger partial charge is 0.489 e. The number of hydrogen-bond acceptors (Lipinski definition) is 3. The quantitative estimate of drug-likeness (QED) is 0.922. The Balaban J connectivity index is 1.93. The fourth-order valence-electron chi connectivity index (χ4n) is 2.02. The Morgan fingerprint density at radius 3 is 2.70 bits per heavy atom. The summed E-state index contributed by atoms with van der Waals surface area (Å²) in [6.07, 6.45) is -0.635. The first-order chi connectivity index (χ1) is 9.45. The van der Waals surface area contributed by atoms with E-state index >= 15 is 0 Å². The van der Waals surface area contributed by atoms with Gasteiger partial charge >= 0.3 is 0 Å². The number of aryl methyl sites for hydroxylation is 3. The van der Waals surface area contributed by atoms with E-state index in [1.165, 1.54) is 0 Å². The highest BCUT2D eigenvalue weighted by Gasteiger charge is 2.11. The highest BCUT2D eigenvalue weighted by Crippen LogP contribution is 2.25. The number of ether oxygens (including phenoxy) is 1. The zero-order chi connectivity index (χ0) is 14.7. The molecular formula is C15H19ClN2O2. The zero-order valence-electron chi connectivity index (χ0n) is 11.9. The smallest absolute Gasteiger partial charge is 0.138 e. The molecule has 1 aromatic carbocycles. The summed E-state index contributed by atoms with van der Waals surface area (Å²) in [5, 5.41) is 14.9. The van der Waals surface area contributed by atoms with Gasteiger partial charge in [-0.2, -0.15) is 5.10 Å². The molecule has 0 spiro atoms. The van der Waals surface area contributed by atoms with E-state index in [-0.39, 0.29) is 6.61 Å². The number of benzene rings is 1. The molecule has 20 heavy (non-hydrogen) atoms. The number of hydrogen-bond donors (Lipinski definition) is 1. The average Bonchev–Trinajstić information content (AvgIpc) is 2.69. The van der Waals surface area contributed by atoms with E-state index < -0.39 is 6.10 Å². The molecule has 2 aromatic rings. The van der Waals surface area contributed by atoms with E-state index in [1.807, 2.05) is 39.0 Å². The molecule has 108 valence electrons. The lowest BCUT2D eigenvalue weighted by molar-refractivity contribution is 0.0887. The Hall–Kier alpha value is -1.52. The van der Waals surface area contributed by atoms with Crippen molar-refractivity contribution in [2.24, 2.45) is 0 Å². The summed E-state index contributed by atoms with van der Waals surface area (Å²) < 4.78 is 7.35. The third-order valence-corrected chi connectivity index (χ3v) is 3.32. The number of nitrogens with zero attached hydrogens (tertiary/aromatic N) is 2. The summed E-state index contributed by atoms with van der Waals surface area (Å²) in [6, 6.07) is 7.55. The van der Waals surface area contributed by atoms with Gasteiger partial charge in [0.15, 0.2) is 0 Å². The third-order valence-electron chi connectivity index (χ3n) is 3.00. The lowest BCUT2D eigenvalue weighted by Gasteiger charge is -2.14. The average molecular weight is 295 g/mol. The maximum atomic E-state index is 10.0. The molecular weight excluding hydrogens is 276 g/mol. The van der Waals surface area contributed by atoms with Crippen LogP contribution in [0.2, 0.25) is 5.02 Å². The maximum absolute atomic E-state index is 10.0. The van der Waals surface area contributed by atoms with Crippen molar-refractivity contribution < 1.29 is 9.84 Å². The topological polar surface area (TPSA) is 47.3 Å². The molecule has 0 saturated carbocycles. The highest BCUT2D eigenvalue weighted by molar-refractivity contribution is 6.32. The van der Waals surface area contributed by atoms with E-state index in [0.717, 1.165) is 17.0 Å². The first-order valence-corrected chi connectivity index (χ1v) is 6.91. The van der Waals surface area contributed by atoms with Gasteiger partial charge in [-0.05, 0) is 44.5 Å². The first-order valence-electron chi connectivity index (χ1n) is 6.54.